The zero-order chi connectivity index (χ0) is 24.5. The van der Waals surface area contributed by atoms with Crippen molar-refractivity contribution in [2.45, 2.75) is 107 Å². The van der Waals surface area contributed by atoms with Gasteiger partial charge < -0.3 is 24.1 Å². The molecule has 1 aromatic rings. The molecule has 11 unspecified atom stereocenters. The van der Waals surface area contributed by atoms with Gasteiger partial charge in [0.05, 0.1) is 17.6 Å². The van der Waals surface area contributed by atoms with Gasteiger partial charge in [-0.1, -0.05) is 31.2 Å². The van der Waals surface area contributed by atoms with Gasteiger partial charge in [-0.3, -0.25) is 4.79 Å². The normalized spacial score (nSPS) is 51.9. The van der Waals surface area contributed by atoms with E-state index in [9.17, 15) is 9.90 Å². The number of ketones is 1. The minimum Gasteiger partial charge on any atom is -0.386 e. The Labute approximate surface area is 207 Å². The Bertz CT molecular complexity index is 1150. The molecule has 1 N–H and O–H groups in total. The summed E-state index contributed by atoms with van der Waals surface area (Å²) in [5, 5.41) is 11.7. The Morgan fingerprint density at radius 3 is 2.77 bits per heavy atom. The van der Waals surface area contributed by atoms with Gasteiger partial charge in [0.25, 0.3) is 0 Å². The Morgan fingerprint density at radius 1 is 1.20 bits per heavy atom. The van der Waals surface area contributed by atoms with Gasteiger partial charge in [0, 0.05) is 25.4 Å². The van der Waals surface area contributed by atoms with Crippen molar-refractivity contribution in [3.05, 3.63) is 47.0 Å². The maximum absolute atomic E-state index is 13.2. The predicted molar refractivity (Wildman–Crippen MR) is 128 cm³/mol. The fourth-order valence-corrected chi connectivity index (χ4v) is 8.35. The van der Waals surface area contributed by atoms with Gasteiger partial charge in [-0.15, -0.1) is 0 Å². The van der Waals surface area contributed by atoms with Crippen LogP contribution in [0.2, 0.25) is 0 Å². The molecule has 4 fully saturated rings. The lowest BCUT2D eigenvalue weighted by atomic mass is 9.48. The highest BCUT2D eigenvalue weighted by molar-refractivity contribution is 5.97. The molecule has 0 amide bonds. The summed E-state index contributed by atoms with van der Waals surface area (Å²) >= 11 is 0. The quantitative estimate of drug-likeness (QED) is 0.663. The number of allylic oxidation sites excluding steroid dienone is 1. The Balaban J connectivity index is 1.19. The van der Waals surface area contributed by atoms with E-state index < -0.39 is 11.0 Å². The molecule has 3 aliphatic heterocycles. The van der Waals surface area contributed by atoms with Gasteiger partial charge in [-0.2, -0.15) is 0 Å². The lowest BCUT2D eigenvalue weighted by Gasteiger charge is -2.55. The first-order valence-electron chi connectivity index (χ1n) is 13.2. The molecule has 1 aromatic carbocycles. The van der Waals surface area contributed by atoms with E-state index in [-0.39, 0.29) is 59.3 Å². The first-order valence-corrected chi connectivity index (χ1v) is 13.2. The van der Waals surface area contributed by atoms with Crippen LogP contribution in [0.25, 0.3) is 0 Å². The van der Waals surface area contributed by atoms with Gasteiger partial charge in [0.2, 0.25) is 0 Å². The largest absolute Gasteiger partial charge is 0.386 e. The van der Waals surface area contributed by atoms with Crippen LogP contribution in [0.15, 0.2) is 30.4 Å². The molecule has 0 bridgehead atoms. The SMILES string of the molecule is COC1OC(C(C)c2ccc3c(c2)CCC2C3C3OC3C3(O)CC=CC(=O)C23C)CC2(C)OC12C. The zero-order valence-electron chi connectivity index (χ0n) is 21.2. The Hall–Kier alpha value is -1.57. The predicted octanol–water partition coefficient (Wildman–Crippen LogP) is 3.79. The van der Waals surface area contributed by atoms with Crippen molar-refractivity contribution in [1.82, 2.24) is 0 Å². The summed E-state index contributed by atoms with van der Waals surface area (Å²) in [5.41, 5.74) is 1.43. The minimum atomic E-state index is -1.09. The van der Waals surface area contributed by atoms with Crippen LogP contribution in [-0.2, 0) is 30.2 Å². The van der Waals surface area contributed by atoms with Crippen molar-refractivity contribution in [2.75, 3.05) is 7.11 Å². The van der Waals surface area contributed by atoms with Crippen LogP contribution in [0.1, 0.15) is 75.5 Å². The fraction of sp³-hybridized carbons (Fsp3) is 0.690. The van der Waals surface area contributed by atoms with Crippen molar-refractivity contribution in [1.29, 1.82) is 0 Å². The Kier molecular flexibility index (Phi) is 4.42. The highest BCUT2D eigenvalue weighted by Crippen LogP contribution is 2.66. The molecule has 7 rings (SSSR count). The molecule has 3 aliphatic carbocycles. The molecule has 6 aliphatic rings. The number of hydrogen-bond donors (Lipinski definition) is 1. The molecule has 0 spiro atoms. The van der Waals surface area contributed by atoms with Crippen LogP contribution in [0.4, 0.5) is 0 Å². The number of methoxy groups -OCH3 is 1. The van der Waals surface area contributed by atoms with E-state index in [1.54, 1.807) is 13.2 Å². The molecule has 11 atom stereocenters. The summed E-state index contributed by atoms with van der Waals surface area (Å²) in [4.78, 5) is 13.2. The average molecular weight is 481 g/mol. The van der Waals surface area contributed by atoms with E-state index >= 15 is 0 Å². The van der Waals surface area contributed by atoms with Crippen LogP contribution >= 0.6 is 0 Å². The van der Waals surface area contributed by atoms with E-state index in [1.807, 2.05) is 13.0 Å². The summed E-state index contributed by atoms with van der Waals surface area (Å²) in [6.07, 6.45) is 6.02. The van der Waals surface area contributed by atoms with Crippen LogP contribution in [0.5, 0.6) is 0 Å². The topological polar surface area (TPSA) is 80.8 Å². The van der Waals surface area contributed by atoms with Gasteiger partial charge in [-0.25, -0.2) is 0 Å². The van der Waals surface area contributed by atoms with E-state index in [1.165, 1.54) is 16.7 Å². The number of benzene rings is 1. The number of carbonyl (C=O) groups excluding carboxylic acids is 1. The molecule has 1 saturated carbocycles. The number of carbonyl (C=O) groups is 1. The van der Waals surface area contributed by atoms with E-state index in [4.69, 9.17) is 18.9 Å². The van der Waals surface area contributed by atoms with Gasteiger partial charge in [-0.05, 0) is 68.7 Å². The molecule has 3 heterocycles. The smallest absolute Gasteiger partial charge is 0.189 e. The molecule has 3 saturated heterocycles. The molecule has 6 nitrogen and oxygen atoms in total. The molecular formula is C29H36O6. The molecule has 35 heavy (non-hydrogen) atoms. The molecular weight excluding hydrogens is 444 g/mol. The highest BCUT2D eigenvalue weighted by Gasteiger charge is 2.75. The van der Waals surface area contributed by atoms with Crippen molar-refractivity contribution >= 4 is 5.78 Å². The third-order valence-electron chi connectivity index (χ3n) is 11.0. The molecule has 0 aromatic heterocycles. The first kappa shape index (κ1) is 22.6. The highest BCUT2D eigenvalue weighted by atomic mass is 16.7. The number of fused-ring (bicyclic) bond motifs is 9. The molecule has 6 heteroatoms. The van der Waals surface area contributed by atoms with Crippen molar-refractivity contribution in [3.8, 4) is 0 Å². The van der Waals surface area contributed by atoms with Crippen LogP contribution in [0.3, 0.4) is 0 Å². The maximum Gasteiger partial charge on any atom is 0.189 e. The lowest BCUT2D eigenvalue weighted by molar-refractivity contribution is -0.203. The van der Waals surface area contributed by atoms with E-state index in [2.05, 4.69) is 39.0 Å². The monoisotopic (exact) mass is 480 g/mol. The number of epoxide rings is 2. The number of hydrogen-bond acceptors (Lipinski definition) is 6. The summed E-state index contributed by atoms with van der Waals surface area (Å²) in [7, 11) is 1.69. The summed E-state index contributed by atoms with van der Waals surface area (Å²) in [6, 6.07) is 6.82. The molecule has 188 valence electrons. The van der Waals surface area contributed by atoms with Gasteiger partial charge in [0.15, 0.2) is 12.1 Å². The van der Waals surface area contributed by atoms with Crippen LogP contribution in [0, 0.1) is 11.3 Å². The summed E-state index contributed by atoms with van der Waals surface area (Å²) < 4.78 is 24.3. The first-order chi connectivity index (χ1) is 16.6. The van der Waals surface area contributed by atoms with Crippen molar-refractivity contribution in [3.63, 3.8) is 0 Å². The minimum absolute atomic E-state index is 0.00604. The van der Waals surface area contributed by atoms with Crippen molar-refractivity contribution in [2.24, 2.45) is 11.3 Å². The standard InChI is InChI=1S/C29H36O6/c1-15(20-14-26(2)28(4,35-26)25(32-5)33-20)16-8-10-18-17(13-16)9-11-19-22(18)23-24(34-23)29(31)12-6-7-21(30)27(19,29)3/h6-8,10,13,15,19-20,22-25,31H,9,11-12,14H2,1-5H3. The lowest BCUT2D eigenvalue weighted by Crippen LogP contribution is -2.65. The zero-order valence-corrected chi connectivity index (χ0v) is 21.2. The summed E-state index contributed by atoms with van der Waals surface area (Å²) in [5.74, 6) is 0.481. The second-order valence-corrected chi connectivity index (χ2v) is 12.4. The average Bonchev–Trinajstić information content (AvgIpc) is 3.73. The fourth-order valence-electron chi connectivity index (χ4n) is 8.35. The van der Waals surface area contributed by atoms with Crippen molar-refractivity contribution < 1.29 is 28.8 Å². The van der Waals surface area contributed by atoms with Crippen LogP contribution in [-0.4, -0.2) is 59.4 Å². The maximum atomic E-state index is 13.2. The number of rotatable bonds is 3. The second kappa shape index (κ2) is 6.84. The van der Waals surface area contributed by atoms with E-state index in [0.29, 0.717) is 6.42 Å². The van der Waals surface area contributed by atoms with Gasteiger partial charge in [0.1, 0.15) is 22.9 Å². The van der Waals surface area contributed by atoms with Crippen LogP contribution < -0.4 is 0 Å². The third-order valence-corrected chi connectivity index (χ3v) is 11.0. The number of aliphatic hydroxyl groups is 1. The molecule has 0 radical (unpaired) electrons. The Morgan fingerprint density at radius 2 is 2.00 bits per heavy atom. The van der Waals surface area contributed by atoms with E-state index in [0.717, 1.165) is 19.3 Å². The van der Waals surface area contributed by atoms with Gasteiger partial charge >= 0.3 is 0 Å². The third kappa shape index (κ3) is 2.65. The second-order valence-electron chi connectivity index (χ2n) is 12.4. The number of ether oxygens (including phenoxy) is 4. The number of aryl methyl sites for hydroxylation is 1. The summed E-state index contributed by atoms with van der Waals surface area (Å²) in [6.45, 7) is 8.45.